The van der Waals surface area contributed by atoms with Crippen LogP contribution in [0.3, 0.4) is 0 Å². The van der Waals surface area contributed by atoms with Crippen molar-refractivity contribution < 1.29 is 26.3 Å². The minimum atomic E-state index is 0. The number of aryl methyl sites for hydroxylation is 1. The first-order valence-corrected chi connectivity index (χ1v) is 10.4. The van der Waals surface area contributed by atoms with E-state index in [1.54, 1.807) is 0 Å². The van der Waals surface area contributed by atoms with Gasteiger partial charge in [0.2, 0.25) is 6.33 Å². The third kappa shape index (κ3) is 6.23. The average Bonchev–Trinajstić information content (AvgIpc) is 3.08. The van der Waals surface area contributed by atoms with Crippen LogP contribution in [-0.4, -0.2) is 4.57 Å². The molecule has 0 radical (unpaired) electrons. The summed E-state index contributed by atoms with van der Waals surface area (Å²) in [6.07, 6.45) is 8.95. The van der Waals surface area contributed by atoms with Crippen LogP contribution in [0.4, 0.5) is 0 Å². The molecular formula is C24H37BrN2O. The number of hydrogen-bond donors (Lipinski definition) is 0. The van der Waals surface area contributed by atoms with Gasteiger partial charge >= 0.3 is 0 Å². The molecule has 1 atom stereocenters. The minimum Gasteiger partial charge on any atom is -1.00 e. The summed E-state index contributed by atoms with van der Waals surface area (Å²) in [7, 11) is 0. The lowest BCUT2D eigenvalue weighted by molar-refractivity contribution is -0.710. The van der Waals surface area contributed by atoms with Crippen molar-refractivity contribution in [2.75, 3.05) is 0 Å². The Balaban J connectivity index is 0.00000392. The van der Waals surface area contributed by atoms with Crippen LogP contribution in [-0.2, 0) is 6.54 Å². The van der Waals surface area contributed by atoms with E-state index in [1.165, 1.54) is 24.0 Å². The summed E-state index contributed by atoms with van der Waals surface area (Å²) in [5.74, 6) is 2.95. The maximum absolute atomic E-state index is 6.40. The highest BCUT2D eigenvalue weighted by molar-refractivity contribution is 5.36. The summed E-state index contributed by atoms with van der Waals surface area (Å²) >= 11 is 0. The van der Waals surface area contributed by atoms with E-state index in [2.05, 4.69) is 101 Å². The molecule has 1 unspecified atom stereocenters. The van der Waals surface area contributed by atoms with Gasteiger partial charge in [-0.05, 0) is 43.7 Å². The number of benzene rings is 1. The largest absolute Gasteiger partial charge is 1.00 e. The first-order chi connectivity index (χ1) is 12.8. The molecule has 28 heavy (non-hydrogen) atoms. The SMILES string of the molecule is CCCCn1cc[n+](C(C)c2ccccc2OC(C)=C(C(C)C)C(C)C)c1.[Br-]. The number of rotatable bonds is 9. The molecule has 0 aliphatic carbocycles. The fourth-order valence-electron chi connectivity index (χ4n) is 3.90. The van der Waals surface area contributed by atoms with Crippen LogP contribution in [0.25, 0.3) is 0 Å². The highest BCUT2D eigenvalue weighted by atomic mass is 79.9. The van der Waals surface area contributed by atoms with Crippen molar-refractivity contribution in [3.05, 3.63) is 59.9 Å². The molecule has 1 heterocycles. The topological polar surface area (TPSA) is 18.0 Å². The monoisotopic (exact) mass is 448 g/mol. The summed E-state index contributed by atoms with van der Waals surface area (Å²) in [6.45, 7) is 16.6. The average molecular weight is 449 g/mol. The van der Waals surface area contributed by atoms with Crippen LogP contribution in [0.2, 0.25) is 0 Å². The predicted molar refractivity (Wildman–Crippen MR) is 113 cm³/mol. The third-order valence-corrected chi connectivity index (χ3v) is 5.21. The Morgan fingerprint density at radius 1 is 1.07 bits per heavy atom. The number of unbranched alkanes of at least 4 members (excludes halogenated alkanes) is 1. The van der Waals surface area contributed by atoms with Crippen LogP contribution < -0.4 is 26.3 Å². The van der Waals surface area contributed by atoms with Crippen molar-refractivity contribution >= 4 is 0 Å². The molecule has 2 rings (SSSR count). The van der Waals surface area contributed by atoms with Crippen LogP contribution in [0.15, 0.2) is 54.3 Å². The van der Waals surface area contributed by atoms with Crippen molar-refractivity contribution in [3.8, 4) is 5.75 Å². The van der Waals surface area contributed by atoms with Gasteiger partial charge in [0.25, 0.3) is 0 Å². The third-order valence-electron chi connectivity index (χ3n) is 5.21. The Labute approximate surface area is 182 Å². The zero-order chi connectivity index (χ0) is 20.0. The molecule has 0 aliphatic rings. The van der Waals surface area contributed by atoms with Crippen molar-refractivity contribution in [2.24, 2.45) is 11.8 Å². The summed E-state index contributed by atoms with van der Waals surface area (Å²) in [5, 5.41) is 0. The summed E-state index contributed by atoms with van der Waals surface area (Å²) in [5.41, 5.74) is 2.60. The van der Waals surface area contributed by atoms with Gasteiger partial charge in [0.15, 0.2) is 0 Å². The number of hydrogen-bond acceptors (Lipinski definition) is 1. The molecule has 156 valence electrons. The Morgan fingerprint density at radius 2 is 1.71 bits per heavy atom. The summed E-state index contributed by atoms with van der Waals surface area (Å²) in [6, 6.07) is 8.63. The zero-order valence-electron chi connectivity index (χ0n) is 18.6. The smallest absolute Gasteiger partial charge is 0.244 e. The van der Waals surface area contributed by atoms with Gasteiger partial charge in [0.05, 0.1) is 6.54 Å². The molecule has 3 nitrogen and oxygen atoms in total. The molecule has 0 fully saturated rings. The highest BCUT2D eigenvalue weighted by Crippen LogP contribution is 2.30. The summed E-state index contributed by atoms with van der Waals surface area (Å²) < 4.78 is 10.9. The van der Waals surface area contributed by atoms with E-state index in [9.17, 15) is 0 Å². The fraction of sp³-hybridized carbons (Fsp3) is 0.542. The second kappa shape index (κ2) is 11.5. The van der Waals surface area contributed by atoms with Gasteiger partial charge in [-0.1, -0.05) is 59.2 Å². The van der Waals surface area contributed by atoms with Gasteiger partial charge in [-0.3, -0.25) is 0 Å². The lowest BCUT2D eigenvalue weighted by Gasteiger charge is -2.21. The van der Waals surface area contributed by atoms with Crippen molar-refractivity contribution in [2.45, 2.75) is 73.9 Å². The maximum atomic E-state index is 6.40. The quantitative estimate of drug-likeness (QED) is 0.425. The molecular weight excluding hydrogens is 412 g/mol. The normalized spacial score (nSPS) is 12.0. The number of nitrogens with zero attached hydrogens (tertiary/aromatic N) is 2. The Bertz CT molecular complexity index is 751. The molecule has 0 saturated heterocycles. The molecule has 0 bridgehead atoms. The molecule has 0 saturated carbocycles. The van der Waals surface area contributed by atoms with Crippen molar-refractivity contribution in [1.82, 2.24) is 4.57 Å². The van der Waals surface area contributed by atoms with Crippen LogP contribution in [0.1, 0.15) is 72.9 Å². The Hall–Kier alpha value is -1.55. The lowest BCUT2D eigenvalue weighted by atomic mass is 9.91. The van der Waals surface area contributed by atoms with E-state index < -0.39 is 0 Å². The molecule has 0 aliphatic heterocycles. The fourth-order valence-corrected chi connectivity index (χ4v) is 3.90. The van der Waals surface area contributed by atoms with Crippen LogP contribution >= 0.6 is 0 Å². The van der Waals surface area contributed by atoms with Gasteiger partial charge in [0.1, 0.15) is 29.9 Å². The number of aromatic nitrogens is 2. The predicted octanol–water partition coefficient (Wildman–Crippen LogP) is 3.15. The number of para-hydroxylation sites is 1. The zero-order valence-corrected chi connectivity index (χ0v) is 20.2. The second-order valence-electron chi connectivity index (χ2n) is 8.09. The first kappa shape index (κ1) is 24.5. The molecule has 0 spiro atoms. The second-order valence-corrected chi connectivity index (χ2v) is 8.09. The standard InChI is InChI=1S/C24H37N2O.BrH/c1-8-9-14-25-15-16-26(17-25)20(6)22-12-10-11-13-23(22)27-21(7)24(18(2)3)19(4)5;/h10-13,15-20H,8-9,14H2,1-7H3;1H/q+1;/p-1. The number of halogens is 1. The lowest BCUT2D eigenvalue weighted by Crippen LogP contribution is -3.00. The molecule has 1 aromatic carbocycles. The highest BCUT2D eigenvalue weighted by Gasteiger charge is 2.20. The van der Waals surface area contributed by atoms with Crippen LogP contribution in [0, 0.1) is 11.8 Å². The van der Waals surface area contributed by atoms with Gasteiger partial charge in [-0.2, -0.15) is 0 Å². The molecule has 2 aromatic rings. The number of ether oxygens (including phenoxy) is 1. The Kier molecular flexibility index (Phi) is 10.0. The van der Waals surface area contributed by atoms with Crippen molar-refractivity contribution in [3.63, 3.8) is 0 Å². The number of allylic oxidation sites excluding steroid dienone is 2. The van der Waals surface area contributed by atoms with E-state index in [0.717, 1.165) is 18.1 Å². The minimum absolute atomic E-state index is 0. The van der Waals surface area contributed by atoms with Gasteiger partial charge < -0.3 is 21.7 Å². The molecule has 0 amide bonds. The van der Waals surface area contributed by atoms with Crippen molar-refractivity contribution in [1.29, 1.82) is 0 Å². The molecule has 0 N–H and O–H groups in total. The van der Waals surface area contributed by atoms with Gasteiger partial charge in [-0.15, -0.1) is 0 Å². The van der Waals surface area contributed by atoms with E-state index in [-0.39, 0.29) is 23.0 Å². The van der Waals surface area contributed by atoms with Gasteiger partial charge in [-0.25, -0.2) is 9.13 Å². The summed E-state index contributed by atoms with van der Waals surface area (Å²) in [4.78, 5) is 0. The van der Waals surface area contributed by atoms with Crippen LogP contribution in [0.5, 0.6) is 5.75 Å². The van der Waals surface area contributed by atoms with E-state index in [4.69, 9.17) is 4.74 Å². The Morgan fingerprint density at radius 3 is 2.32 bits per heavy atom. The van der Waals surface area contributed by atoms with E-state index >= 15 is 0 Å². The van der Waals surface area contributed by atoms with E-state index in [1.807, 2.05) is 0 Å². The first-order valence-electron chi connectivity index (χ1n) is 10.4. The molecule has 1 aromatic heterocycles. The van der Waals surface area contributed by atoms with E-state index in [0.29, 0.717) is 11.8 Å². The maximum Gasteiger partial charge on any atom is 0.244 e. The van der Waals surface area contributed by atoms with Gasteiger partial charge in [0, 0.05) is 5.56 Å². The number of imidazole rings is 1. The molecule has 4 heteroatoms.